The second-order valence-corrected chi connectivity index (χ2v) is 3.35. The van der Waals surface area contributed by atoms with Gasteiger partial charge in [-0.25, -0.2) is 9.78 Å². The van der Waals surface area contributed by atoms with Crippen LogP contribution in [0.1, 0.15) is 5.89 Å². The molecule has 0 saturated heterocycles. The molecule has 2 rings (SSSR count). The van der Waals surface area contributed by atoms with E-state index in [0.29, 0.717) is 0 Å². The Labute approximate surface area is 91.5 Å². The number of halogens is 4. The number of fused-ring (bicyclic) bond motifs is 1. The molecule has 1 aromatic heterocycles. The van der Waals surface area contributed by atoms with Crippen LogP contribution in [0.15, 0.2) is 27.4 Å². The fraction of sp³-hybridized carbons (Fsp3) is 0.111. The van der Waals surface area contributed by atoms with E-state index in [9.17, 15) is 18.0 Å². The van der Waals surface area contributed by atoms with E-state index in [0.717, 1.165) is 0 Å². The first-order valence-electron chi connectivity index (χ1n) is 4.06. The highest BCUT2D eigenvalue weighted by Crippen LogP contribution is 2.28. The SMILES string of the molecule is O=c1oc(C(F)(F)F)nc2cccc(Cl)c12. The van der Waals surface area contributed by atoms with E-state index in [4.69, 9.17) is 11.6 Å². The van der Waals surface area contributed by atoms with Crippen molar-refractivity contribution in [3.8, 4) is 0 Å². The molecule has 0 aliphatic carbocycles. The van der Waals surface area contributed by atoms with Crippen molar-refractivity contribution < 1.29 is 17.6 Å². The normalized spacial score (nSPS) is 12.0. The van der Waals surface area contributed by atoms with Crippen molar-refractivity contribution in [3.63, 3.8) is 0 Å². The minimum Gasteiger partial charge on any atom is -0.398 e. The predicted molar refractivity (Wildman–Crippen MR) is 50.3 cm³/mol. The highest BCUT2D eigenvalue weighted by atomic mass is 35.5. The van der Waals surface area contributed by atoms with Crippen LogP contribution in [-0.2, 0) is 6.18 Å². The summed E-state index contributed by atoms with van der Waals surface area (Å²) >= 11 is 5.65. The number of rotatable bonds is 0. The number of nitrogens with zero attached hydrogens (tertiary/aromatic N) is 1. The standard InChI is InChI=1S/C9H3ClF3NO2/c10-4-2-1-3-5-6(4)7(15)16-8(14-5)9(11,12)13/h1-3H. The van der Waals surface area contributed by atoms with Gasteiger partial charge >= 0.3 is 17.7 Å². The molecular formula is C9H3ClF3NO2. The molecule has 0 amide bonds. The molecule has 16 heavy (non-hydrogen) atoms. The monoisotopic (exact) mass is 249 g/mol. The first-order valence-corrected chi connectivity index (χ1v) is 4.44. The van der Waals surface area contributed by atoms with Crippen molar-refractivity contribution in [1.29, 1.82) is 0 Å². The highest BCUT2D eigenvalue weighted by Gasteiger charge is 2.37. The Morgan fingerprint density at radius 1 is 1.31 bits per heavy atom. The Balaban J connectivity index is 2.85. The number of alkyl halides is 3. The summed E-state index contributed by atoms with van der Waals surface area (Å²) < 4.78 is 40.9. The molecule has 0 N–H and O–H groups in total. The van der Waals surface area contributed by atoms with E-state index < -0.39 is 17.7 Å². The Morgan fingerprint density at radius 3 is 2.62 bits per heavy atom. The summed E-state index contributed by atoms with van der Waals surface area (Å²) in [5.41, 5.74) is -1.29. The van der Waals surface area contributed by atoms with Crippen molar-refractivity contribution in [2.75, 3.05) is 0 Å². The molecule has 84 valence electrons. The van der Waals surface area contributed by atoms with Gasteiger partial charge in [-0.3, -0.25) is 0 Å². The lowest BCUT2D eigenvalue weighted by Crippen LogP contribution is -2.14. The van der Waals surface area contributed by atoms with Crippen LogP contribution in [0.3, 0.4) is 0 Å². The summed E-state index contributed by atoms with van der Waals surface area (Å²) in [7, 11) is 0. The van der Waals surface area contributed by atoms with E-state index in [2.05, 4.69) is 9.40 Å². The van der Waals surface area contributed by atoms with Gasteiger partial charge in [0.1, 0.15) is 5.39 Å². The Kier molecular flexibility index (Phi) is 2.38. The van der Waals surface area contributed by atoms with Crippen LogP contribution < -0.4 is 5.63 Å². The third-order valence-electron chi connectivity index (χ3n) is 1.85. The van der Waals surface area contributed by atoms with Gasteiger partial charge in [0.15, 0.2) is 0 Å². The maximum absolute atomic E-state index is 12.3. The summed E-state index contributed by atoms with van der Waals surface area (Å²) in [6.45, 7) is 0. The number of benzene rings is 1. The quantitative estimate of drug-likeness (QED) is 0.721. The van der Waals surface area contributed by atoms with Crippen LogP contribution in [0, 0.1) is 0 Å². The van der Waals surface area contributed by atoms with E-state index in [1.807, 2.05) is 0 Å². The molecule has 0 unspecified atom stereocenters. The molecule has 7 heteroatoms. The topological polar surface area (TPSA) is 43.1 Å². The average Bonchev–Trinajstić information content (AvgIpc) is 2.15. The summed E-state index contributed by atoms with van der Waals surface area (Å²) in [5.74, 6) is -1.58. The summed E-state index contributed by atoms with van der Waals surface area (Å²) in [4.78, 5) is 14.5. The minimum absolute atomic E-state index is 0.00692. The molecule has 1 aromatic carbocycles. The third kappa shape index (κ3) is 1.76. The van der Waals surface area contributed by atoms with Gasteiger partial charge in [0.2, 0.25) is 0 Å². The van der Waals surface area contributed by atoms with Gasteiger partial charge in [0.25, 0.3) is 0 Å². The van der Waals surface area contributed by atoms with Crippen LogP contribution in [0.5, 0.6) is 0 Å². The van der Waals surface area contributed by atoms with Gasteiger partial charge in [-0.1, -0.05) is 17.7 Å². The number of hydrogen-bond donors (Lipinski definition) is 0. The van der Waals surface area contributed by atoms with Gasteiger partial charge in [-0.15, -0.1) is 0 Å². The van der Waals surface area contributed by atoms with Gasteiger partial charge < -0.3 is 4.42 Å². The van der Waals surface area contributed by atoms with Crippen molar-refractivity contribution in [2.45, 2.75) is 6.18 Å². The van der Waals surface area contributed by atoms with E-state index in [1.54, 1.807) is 0 Å². The lowest BCUT2D eigenvalue weighted by atomic mass is 10.2. The largest absolute Gasteiger partial charge is 0.469 e. The van der Waals surface area contributed by atoms with E-state index in [-0.39, 0.29) is 15.9 Å². The van der Waals surface area contributed by atoms with E-state index in [1.165, 1.54) is 18.2 Å². The second kappa shape index (κ2) is 3.48. The zero-order valence-corrected chi connectivity index (χ0v) is 8.26. The summed E-state index contributed by atoms with van der Waals surface area (Å²) in [6.07, 6.45) is -4.80. The lowest BCUT2D eigenvalue weighted by molar-refractivity contribution is -0.158. The minimum atomic E-state index is -4.80. The molecule has 1 heterocycles. The molecule has 0 fully saturated rings. The fourth-order valence-electron chi connectivity index (χ4n) is 1.20. The maximum Gasteiger partial charge on any atom is 0.469 e. The Hall–Kier alpha value is -1.56. The molecule has 0 spiro atoms. The molecular weight excluding hydrogens is 247 g/mol. The van der Waals surface area contributed by atoms with Crippen molar-refractivity contribution in [2.24, 2.45) is 0 Å². The zero-order valence-electron chi connectivity index (χ0n) is 7.51. The molecule has 0 aliphatic rings. The molecule has 2 aromatic rings. The molecule has 0 saturated carbocycles. The Morgan fingerprint density at radius 2 is 2.00 bits per heavy atom. The highest BCUT2D eigenvalue weighted by molar-refractivity contribution is 6.35. The molecule has 3 nitrogen and oxygen atoms in total. The third-order valence-corrected chi connectivity index (χ3v) is 2.16. The van der Waals surface area contributed by atoms with Crippen LogP contribution in [0.25, 0.3) is 10.9 Å². The summed E-state index contributed by atoms with van der Waals surface area (Å²) in [6, 6.07) is 4.03. The van der Waals surface area contributed by atoms with E-state index >= 15 is 0 Å². The van der Waals surface area contributed by atoms with Crippen LogP contribution in [-0.4, -0.2) is 4.98 Å². The first kappa shape index (κ1) is 10.9. The summed E-state index contributed by atoms with van der Waals surface area (Å²) in [5, 5.41) is -0.148. The smallest absolute Gasteiger partial charge is 0.398 e. The van der Waals surface area contributed by atoms with Crippen LogP contribution >= 0.6 is 11.6 Å². The lowest BCUT2D eigenvalue weighted by Gasteiger charge is -2.04. The molecule has 0 radical (unpaired) electrons. The maximum atomic E-state index is 12.3. The molecule has 0 aliphatic heterocycles. The van der Waals surface area contributed by atoms with Crippen molar-refractivity contribution >= 4 is 22.5 Å². The average molecular weight is 250 g/mol. The Bertz CT molecular complexity index is 606. The zero-order chi connectivity index (χ0) is 11.9. The van der Waals surface area contributed by atoms with Crippen LogP contribution in [0.2, 0.25) is 5.02 Å². The first-order chi connectivity index (χ1) is 7.39. The molecule has 0 bridgehead atoms. The number of aromatic nitrogens is 1. The van der Waals surface area contributed by atoms with Gasteiger partial charge in [0.05, 0.1) is 10.5 Å². The molecule has 0 atom stereocenters. The van der Waals surface area contributed by atoms with Crippen molar-refractivity contribution in [3.05, 3.63) is 39.5 Å². The van der Waals surface area contributed by atoms with Crippen LogP contribution in [0.4, 0.5) is 13.2 Å². The van der Waals surface area contributed by atoms with Gasteiger partial charge in [0, 0.05) is 0 Å². The predicted octanol–water partition coefficient (Wildman–Crippen LogP) is 2.86. The van der Waals surface area contributed by atoms with Gasteiger partial charge in [-0.05, 0) is 12.1 Å². The second-order valence-electron chi connectivity index (χ2n) is 2.94. The fourth-order valence-corrected chi connectivity index (χ4v) is 1.45. The van der Waals surface area contributed by atoms with Crippen molar-refractivity contribution in [1.82, 2.24) is 4.98 Å². The number of hydrogen-bond acceptors (Lipinski definition) is 3. The van der Waals surface area contributed by atoms with Gasteiger partial charge in [-0.2, -0.15) is 13.2 Å².